The van der Waals surface area contributed by atoms with Crippen LogP contribution in [-0.4, -0.2) is 24.3 Å². The maximum Gasteiger partial charge on any atom is 0.221 e. The normalized spacial score (nSPS) is 11.8. The van der Waals surface area contributed by atoms with Crippen LogP contribution in [0.4, 0.5) is 0 Å². The highest BCUT2D eigenvalue weighted by Crippen LogP contribution is 2.27. The highest BCUT2D eigenvalue weighted by atomic mass is 35.5. The number of rotatable bonds is 6. The molecule has 0 N–H and O–H groups in total. The first-order chi connectivity index (χ1) is 9.57. The van der Waals surface area contributed by atoms with Gasteiger partial charge in [-0.1, -0.05) is 18.2 Å². The molecule has 0 aliphatic heterocycles. The Balaban J connectivity index is 2.19. The molecule has 0 fully saturated rings. The van der Waals surface area contributed by atoms with Crippen molar-refractivity contribution in [2.75, 3.05) is 13.7 Å². The van der Waals surface area contributed by atoms with Crippen LogP contribution >= 0.6 is 11.6 Å². The van der Waals surface area contributed by atoms with Crippen LogP contribution in [0, 0.1) is 0 Å². The molecule has 2 rings (SSSR count). The number of ether oxygens (including phenoxy) is 2. The standard InChI is InChI=1S/C16H20ClNO2/c1-16(2,19-3)8-9-20-15-14-7-5-4-6-13(14)12(10-17)11-18-15/h4-7,11H,8-10H2,1-3H3. The van der Waals surface area contributed by atoms with Gasteiger partial charge in [0.15, 0.2) is 0 Å². The summed E-state index contributed by atoms with van der Waals surface area (Å²) < 4.78 is 11.2. The van der Waals surface area contributed by atoms with Gasteiger partial charge in [0, 0.05) is 31.0 Å². The number of aromatic nitrogens is 1. The first-order valence-electron chi connectivity index (χ1n) is 6.68. The minimum atomic E-state index is -0.189. The predicted octanol–water partition coefficient (Wildman–Crippen LogP) is 4.17. The molecular formula is C16H20ClNO2. The number of nitrogens with zero attached hydrogens (tertiary/aromatic N) is 1. The van der Waals surface area contributed by atoms with Crippen molar-refractivity contribution < 1.29 is 9.47 Å². The molecule has 20 heavy (non-hydrogen) atoms. The molecule has 1 aromatic carbocycles. The predicted molar refractivity (Wildman–Crippen MR) is 82.5 cm³/mol. The van der Waals surface area contributed by atoms with Crippen LogP contribution < -0.4 is 4.74 Å². The summed E-state index contributed by atoms with van der Waals surface area (Å²) in [7, 11) is 1.71. The third kappa shape index (κ3) is 3.41. The quantitative estimate of drug-likeness (QED) is 0.749. The number of hydrogen-bond acceptors (Lipinski definition) is 3. The van der Waals surface area contributed by atoms with E-state index in [0.717, 1.165) is 22.8 Å². The maximum atomic E-state index is 5.94. The van der Waals surface area contributed by atoms with Gasteiger partial charge in [0.1, 0.15) is 0 Å². The van der Waals surface area contributed by atoms with Gasteiger partial charge >= 0.3 is 0 Å². The zero-order valence-electron chi connectivity index (χ0n) is 12.1. The monoisotopic (exact) mass is 293 g/mol. The Kier molecular flexibility index (Phi) is 4.84. The van der Waals surface area contributed by atoms with Crippen molar-refractivity contribution in [2.24, 2.45) is 0 Å². The average molecular weight is 294 g/mol. The lowest BCUT2D eigenvalue weighted by Crippen LogP contribution is -2.25. The zero-order chi connectivity index (χ0) is 14.6. The molecule has 2 aromatic rings. The van der Waals surface area contributed by atoms with E-state index < -0.39 is 0 Å². The maximum absolute atomic E-state index is 5.94. The first kappa shape index (κ1) is 15.1. The summed E-state index contributed by atoms with van der Waals surface area (Å²) in [6.07, 6.45) is 2.59. The highest BCUT2D eigenvalue weighted by molar-refractivity contribution is 6.18. The van der Waals surface area contributed by atoms with E-state index in [9.17, 15) is 0 Å². The van der Waals surface area contributed by atoms with E-state index in [0.29, 0.717) is 18.4 Å². The van der Waals surface area contributed by atoms with Crippen LogP contribution in [0.5, 0.6) is 5.88 Å². The van der Waals surface area contributed by atoms with Crippen molar-refractivity contribution in [3.8, 4) is 5.88 Å². The van der Waals surface area contributed by atoms with E-state index >= 15 is 0 Å². The lowest BCUT2D eigenvalue weighted by Gasteiger charge is -2.22. The molecule has 0 radical (unpaired) electrons. The van der Waals surface area contributed by atoms with Gasteiger partial charge in [-0.2, -0.15) is 0 Å². The van der Waals surface area contributed by atoms with Gasteiger partial charge in [0.25, 0.3) is 0 Å². The van der Waals surface area contributed by atoms with Gasteiger partial charge in [-0.15, -0.1) is 11.6 Å². The lowest BCUT2D eigenvalue weighted by molar-refractivity contribution is 0.00522. The Morgan fingerprint density at radius 1 is 1.20 bits per heavy atom. The van der Waals surface area contributed by atoms with Crippen LogP contribution in [0.1, 0.15) is 25.8 Å². The van der Waals surface area contributed by atoms with Crippen LogP contribution in [0.3, 0.4) is 0 Å². The Labute approximate surface area is 124 Å². The second-order valence-electron chi connectivity index (χ2n) is 5.33. The smallest absolute Gasteiger partial charge is 0.221 e. The molecule has 0 bridgehead atoms. The van der Waals surface area contributed by atoms with Crippen LogP contribution in [0.25, 0.3) is 10.8 Å². The number of fused-ring (bicyclic) bond motifs is 1. The van der Waals surface area contributed by atoms with Crippen LogP contribution in [0.15, 0.2) is 30.5 Å². The second-order valence-corrected chi connectivity index (χ2v) is 5.60. The van der Waals surface area contributed by atoms with Gasteiger partial charge < -0.3 is 9.47 Å². The van der Waals surface area contributed by atoms with Crippen molar-refractivity contribution in [1.82, 2.24) is 4.98 Å². The molecule has 0 saturated carbocycles. The molecule has 108 valence electrons. The van der Waals surface area contributed by atoms with E-state index in [-0.39, 0.29) is 5.60 Å². The van der Waals surface area contributed by atoms with E-state index in [4.69, 9.17) is 21.1 Å². The number of methoxy groups -OCH3 is 1. The molecule has 0 aliphatic rings. The summed E-state index contributed by atoms with van der Waals surface area (Å²) in [5.74, 6) is 1.10. The zero-order valence-corrected chi connectivity index (χ0v) is 12.9. The lowest BCUT2D eigenvalue weighted by atomic mass is 10.1. The molecule has 1 aromatic heterocycles. The van der Waals surface area contributed by atoms with Gasteiger partial charge in [0.2, 0.25) is 5.88 Å². The molecular weight excluding hydrogens is 274 g/mol. The van der Waals surface area contributed by atoms with Crippen LogP contribution in [0.2, 0.25) is 0 Å². The molecule has 3 nitrogen and oxygen atoms in total. The fourth-order valence-corrected chi connectivity index (χ4v) is 2.16. The van der Waals surface area contributed by atoms with Crippen molar-refractivity contribution in [3.63, 3.8) is 0 Å². The summed E-state index contributed by atoms with van der Waals surface area (Å²) in [5, 5.41) is 2.10. The van der Waals surface area contributed by atoms with Crippen molar-refractivity contribution in [2.45, 2.75) is 31.7 Å². The molecule has 0 aliphatic carbocycles. The number of benzene rings is 1. The number of pyridine rings is 1. The first-order valence-corrected chi connectivity index (χ1v) is 7.21. The minimum Gasteiger partial charge on any atom is -0.477 e. The third-order valence-electron chi connectivity index (χ3n) is 3.48. The van der Waals surface area contributed by atoms with E-state index in [1.54, 1.807) is 13.3 Å². The van der Waals surface area contributed by atoms with E-state index in [2.05, 4.69) is 4.98 Å². The van der Waals surface area contributed by atoms with Gasteiger partial charge in [-0.25, -0.2) is 4.98 Å². The molecule has 4 heteroatoms. The summed E-state index contributed by atoms with van der Waals surface area (Å²) in [6.45, 7) is 4.65. The number of hydrogen-bond donors (Lipinski definition) is 0. The second kappa shape index (κ2) is 6.42. The van der Waals surface area contributed by atoms with Gasteiger partial charge in [-0.3, -0.25) is 0 Å². The van der Waals surface area contributed by atoms with Crippen LogP contribution in [-0.2, 0) is 10.6 Å². The molecule has 1 heterocycles. The fourth-order valence-electron chi connectivity index (χ4n) is 1.94. The fraction of sp³-hybridized carbons (Fsp3) is 0.438. The van der Waals surface area contributed by atoms with E-state index in [1.807, 2.05) is 38.1 Å². The van der Waals surface area contributed by atoms with Crippen molar-refractivity contribution in [1.29, 1.82) is 0 Å². The average Bonchev–Trinajstić information content (AvgIpc) is 2.47. The molecule has 0 atom stereocenters. The minimum absolute atomic E-state index is 0.189. The summed E-state index contributed by atoms with van der Waals surface area (Å²) in [5.41, 5.74) is 0.832. The largest absolute Gasteiger partial charge is 0.477 e. The Morgan fingerprint density at radius 2 is 1.90 bits per heavy atom. The van der Waals surface area contributed by atoms with E-state index in [1.165, 1.54) is 0 Å². The van der Waals surface area contributed by atoms with Gasteiger partial charge in [0.05, 0.1) is 12.2 Å². The Bertz CT molecular complexity index is 584. The summed E-state index contributed by atoms with van der Waals surface area (Å²) >= 11 is 5.94. The molecule has 0 saturated heterocycles. The summed E-state index contributed by atoms with van der Waals surface area (Å²) in [6, 6.07) is 8.03. The van der Waals surface area contributed by atoms with Crippen molar-refractivity contribution in [3.05, 3.63) is 36.0 Å². The molecule has 0 amide bonds. The highest BCUT2D eigenvalue weighted by Gasteiger charge is 2.16. The van der Waals surface area contributed by atoms with Crippen molar-refractivity contribution >= 4 is 22.4 Å². The summed E-state index contributed by atoms with van der Waals surface area (Å²) in [4.78, 5) is 4.38. The molecule has 0 spiro atoms. The topological polar surface area (TPSA) is 31.4 Å². The third-order valence-corrected chi connectivity index (χ3v) is 3.77. The number of halogens is 1. The Hall–Kier alpha value is -1.32. The SMILES string of the molecule is COC(C)(C)CCOc1ncc(CCl)c2ccccc12. The van der Waals surface area contributed by atoms with Gasteiger partial charge in [-0.05, 0) is 30.9 Å². The Morgan fingerprint density at radius 3 is 2.55 bits per heavy atom. The number of alkyl halides is 1. The molecule has 0 unspecified atom stereocenters.